The zero-order valence-corrected chi connectivity index (χ0v) is 35.2. The molecule has 0 spiro atoms. The number of aromatic nitrogens is 1. The number of oxime groups is 1. The zero-order chi connectivity index (χ0) is 44.4. The summed E-state index contributed by atoms with van der Waals surface area (Å²) in [5.74, 6) is -4.24. The van der Waals surface area contributed by atoms with Crippen molar-refractivity contribution in [1.29, 1.82) is 0 Å². The van der Waals surface area contributed by atoms with Crippen LogP contribution >= 0.6 is 11.3 Å². The highest BCUT2D eigenvalue weighted by atomic mass is 32.1. The highest BCUT2D eigenvalue weighted by Gasteiger charge is 2.44. The van der Waals surface area contributed by atoms with Crippen LogP contribution in [0.2, 0.25) is 0 Å². The largest absolute Gasteiger partial charge is 0.476 e. The third-order valence-corrected chi connectivity index (χ3v) is 10.8. The highest BCUT2D eigenvalue weighted by molar-refractivity contribution is 7.14. The van der Waals surface area contributed by atoms with Crippen LogP contribution in [-0.4, -0.2) is 39.7 Å². The smallest absolute Gasteiger partial charge is 0.360 e. The zero-order valence-electron chi connectivity index (χ0n) is 34.3. The number of anilines is 1. The molecule has 7 aromatic rings. The SMILES string of the molecule is CC(=O)Oc1ccc(C(C)(O/N=C(\C(=O)O)c2csc(NC(c3ccccc3)(c3ccccc3)c3ccccc3)n2)C(=O)OC(c2ccccc2)c2ccccc2)cc1OC(C)=O. The number of nitrogens with one attached hydrogen (secondary N) is 1. The number of hydrogen-bond acceptors (Lipinski definition) is 12. The first kappa shape index (κ1) is 43.2. The van der Waals surface area contributed by atoms with E-state index < -0.39 is 46.8 Å². The van der Waals surface area contributed by atoms with E-state index in [1.54, 1.807) is 48.5 Å². The van der Waals surface area contributed by atoms with Gasteiger partial charge in [-0.2, -0.15) is 0 Å². The summed E-state index contributed by atoms with van der Waals surface area (Å²) in [7, 11) is 0. The molecule has 1 heterocycles. The Hall–Kier alpha value is -7.90. The Morgan fingerprint density at radius 2 is 1.10 bits per heavy atom. The maximum atomic E-state index is 14.7. The van der Waals surface area contributed by atoms with E-state index in [1.165, 1.54) is 37.4 Å². The average molecular weight is 860 g/mol. The number of carbonyl (C=O) groups is 4. The minimum Gasteiger partial charge on any atom is -0.476 e. The van der Waals surface area contributed by atoms with Gasteiger partial charge in [0.2, 0.25) is 5.71 Å². The Morgan fingerprint density at radius 1 is 0.635 bits per heavy atom. The Labute approximate surface area is 367 Å². The van der Waals surface area contributed by atoms with Crippen LogP contribution in [0.15, 0.2) is 180 Å². The molecule has 0 radical (unpaired) electrons. The average Bonchev–Trinajstić information content (AvgIpc) is 3.76. The Kier molecular flexibility index (Phi) is 13.2. The fourth-order valence-corrected chi connectivity index (χ4v) is 7.75. The van der Waals surface area contributed by atoms with Crippen molar-refractivity contribution in [3.63, 3.8) is 0 Å². The van der Waals surface area contributed by atoms with Crippen molar-refractivity contribution in [3.8, 4) is 11.5 Å². The van der Waals surface area contributed by atoms with Crippen molar-refractivity contribution < 1.29 is 43.3 Å². The number of carbonyl (C=O) groups excluding carboxylic acids is 3. The Bertz CT molecular complexity index is 2600. The van der Waals surface area contributed by atoms with Crippen molar-refractivity contribution >= 4 is 46.1 Å². The van der Waals surface area contributed by atoms with Crippen LogP contribution in [0.3, 0.4) is 0 Å². The number of aliphatic carboxylic acids is 1. The number of hydrogen-bond donors (Lipinski definition) is 2. The summed E-state index contributed by atoms with van der Waals surface area (Å²) < 4.78 is 16.9. The highest BCUT2D eigenvalue weighted by Crippen LogP contribution is 2.42. The lowest BCUT2D eigenvalue weighted by atomic mass is 9.77. The normalized spacial score (nSPS) is 12.4. The lowest BCUT2D eigenvalue weighted by Gasteiger charge is -2.36. The van der Waals surface area contributed by atoms with Gasteiger partial charge in [0.05, 0.1) is 0 Å². The molecule has 1 aromatic heterocycles. The number of carboxylic acids is 1. The topological polar surface area (TPSA) is 163 Å². The van der Waals surface area contributed by atoms with E-state index in [0.29, 0.717) is 16.3 Å². The van der Waals surface area contributed by atoms with E-state index in [1.807, 2.05) is 103 Å². The summed E-state index contributed by atoms with van der Waals surface area (Å²) in [5, 5.41) is 20.2. The Balaban J connectivity index is 1.31. The number of thiazole rings is 1. The molecule has 1 atom stereocenters. The van der Waals surface area contributed by atoms with Crippen molar-refractivity contribution in [2.45, 2.75) is 38.0 Å². The molecule has 63 heavy (non-hydrogen) atoms. The molecule has 316 valence electrons. The number of carboxylic acid groups (broad SMARTS) is 1. The van der Waals surface area contributed by atoms with Gasteiger partial charge in [0.25, 0.3) is 5.60 Å². The molecule has 0 saturated heterocycles. The van der Waals surface area contributed by atoms with Gasteiger partial charge in [-0.15, -0.1) is 11.3 Å². The van der Waals surface area contributed by atoms with Crippen LogP contribution in [-0.2, 0) is 39.9 Å². The summed E-state index contributed by atoms with van der Waals surface area (Å²) >= 11 is 1.16. The van der Waals surface area contributed by atoms with Gasteiger partial charge in [0, 0.05) is 24.8 Å². The molecular formula is C50H41N3O9S. The molecule has 0 aliphatic heterocycles. The van der Waals surface area contributed by atoms with Crippen LogP contribution < -0.4 is 14.8 Å². The van der Waals surface area contributed by atoms with Crippen LogP contribution in [0.25, 0.3) is 0 Å². The maximum absolute atomic E-state index is 14.7. The van der Waals surface area contributed by atoms with Crippen molar-refractivity contribution in [2.24, 2.45) is 5.16 Å². The number of ether oxygens (including phenoxy) is 3. The molecule has 0 amide bonds. The Morgan fingerprint density at radius 3 is 1.56 bits per heavy atom. The van der Waals surface area contributed by atoms with Gasteiger partial charge in [0.1, 0.15) is 11.2 Å². The third-order valence-electron chi connectivity index (χ3n) is 10.0. The van der Waals surface area contributed by atoms with Gasteiger partial charge in [-0.05, 0) is 46.9 Å². The summed E-state index contributed by atoms with van der Waals surface area (Å²) in [6, 6.07) is 51.5. The number of nitrogens with zero attached hydrogens (tertiary/aromatic N) is 2. The predicted octanol–water partition coefficient (Wildman–Crippen LogP) is 9.45. The van der Waals surface area contributed by atoms with Crippen LogP contribution in [0.4, 0.5) is 5.13 Å². The summed E-state index contributed by atoms with van der Waals surface area (Å²) in [5.41, 5.74) is 0.139. The van der Waals surface area contributed by atoms with Crippen LogP contribution in [0, 0.1) is 0 Å². The molecular weight excluding hydrogens is 819 g/mol. The van der Waals surface area contributed by atoms with E-state index in [4.69, 9.17) is 24.0 Å². The van der Waals surface area contributed by atoms with E-state index in [-0.39, 0.29) is 22.8 Å². The first-order chi connectivity index (χ1) is 30.5. The quantitative estimate of drug-likeness (QED) is 0.0313. The van der Waals surface area contributed by atoms with Crippen molar-refractivity contribution in [3.05, 3.63) is 214 Å². The monoisotopic (exact) mass is 859 g/mol. The maximum Gasteiger partial charge on any atom is 0.360 e. The minimum absolute atomic E-state index is 0.0204. The van der Waals surface area contributed by atoms with Gasteiger partial charge in [0.15, 0.2) is 22.7 Å². The van der Waals surface area contributed by atoms with Gasteiger partial charge in [-0.25, -0.2) is 14.6 Å². The second-order valence-corrected chi connectivity index (χ2v) is 15.2. The van der Waals surface area contributed by atoms with Crippen molar-refractivity contribution in [1.82, 2.24) is 4.98 Å². The van der Waals surface area contributed by atoms with Gasteiger partial charge in [-0.1, -0.05) is 163 Å². The summed E-state index contributed by atoms with van der Waals surface area (Å²) in [6.45, 7) is 3.67. The third kappa shape index (κ3) is 9.69. The molecule has 0 fully saturated rings. The molecule has 13 heteroatoms. The summed E-state index contributed by atoms with van der Waals surface area (Å²) in [4.78, 5) is 62.7. The van der Waals surface area contributed by atoms with Crippen molar-refractivity contribution in [2.75, 3.05) is 5.32 Å². The first-order valence-electron chi connectivity index (χ1n) is 19.7. The van der Waals surface area contributed by atoms with Crippen LogP contribution in [0.1, 0.15) is 65.9 Å². The minimum atomic E-state index is -2.22. The fourth-order valence-electron chi connectivity index (χ4n) is 7.00. The van der Waals surface area contributed by atoms with Gasteiger partial charge >= 0.3 is 23.9 Å². The molecule has 0 aliphatic rings. The van der Waals surface area contributed by atoms with Gasteiger partial charge in [-0.3, -0.25) is 9.59 Å². The van der Waals surface area contributed by atoms with Crippen LogP contribution in [0.5, 0.6) is 11.5 Å². The number of esters is 3. The molecule has 1 unspecified atom stereocenters. The lowest BCUT2D eigenvalue weighted by Crippen LogP contribution is -2.38. The molecule has 0 saturated carbocycles. The second-order valence-electron chi connectivity index (χ2n) is 14.3. The number of rotatable bonds is 16. The summed E-state index contributed by atoms with van der Waals surface area (Å²) in [6.07, 6.45) is -0.940. The van der Waals surface area contributed by atoms with E-state index >= 15 is 0 Å². The molecule has 0 bridgehead atoms. The van der Waals surface area contributed by atoms with E-state index in [9.17, 15) is 24.3 Å². The second kappa shape index (κ2) is 19.2. The fraction of sp³-hybridized carbons (Fsp3) is 0.120. The number of benzene rings is 6. The molecule has 7 rings (SSSR count). The molecule has 0 aliphatic carbocycles. The van der Waals surface area contributed by atoms with Gasteiger partial charge < -0.3 is 29.5 Å². The standard InChI is InChI=1S/C50H41N3O9S/c1-33(54)59-42-30-29-40(31-43(42)60-34(2)55)49(3,47(58)61-45(35-19-9-4-10-20-35)36-21-11-5-12-22-36)62-53-44(46(56)57)41-32-63-48(51-41)52-50(37-23-13-6-14-24-37,38-25-15-7-16-26-38)39-27-17-8-18-28-39/h4-32,45H,1-3H3,(H,51,52)(H,56,57)/b53-44-. The molecule has 2 N–H and O–H groups in total. The van der Waals surface area contributed by atoms with E-state index in [0.717, 1.165) is 35.0 Å². The lowest BCUT2D eigenvalue weighted by molar-refractivity contribution is -0.176. The first-order valence-corrected chi connectivity index (χ1v) is 20.6. The van der Waals surface area contributed by atoms with E-state index in [2.05, 4.69) is 10.5 Å². The molecule has 12 nitrogen and oxygen atoms in total. The predicted molar refractivity (Wildman–Crippen MR) is 237 cm³/mol. The molecule has 6 aromatic carbocycles.